The van der Waals surface area contributed by atoms with E-state index in [4.69, 9.17) is 10.8 Å². The third-order valence-electron chi connectivity index (χ3n) is 3.86. The van der Waals surface area contributed by atoms with Gasteiger partial charge in [0.15, 0.2) is 5.71 Å². The van der Waals surface area contributed by atoms with Crippen molar-refractivity contribution in [2.75, 3.05) is 7.05 Å². The maximum Gasteiger partial charge on any atom is 0.296 e. The highest BCUT2D eigenvalue weighted by atomic mass is 16.6. The first-order chi connectivity index (χ1) is 9.02. The summed E-state index contributed by atoms with van der Waals surface area (Å²) in [5, 5.41) is 26.4. The molecule has 0 unspecified atom stereocenters. The van der Waals surface area contributed by atoms with E-state index >= 15 is 0 Å². The SMILES string of the molecule is CN(C1=CC=C([N+](=O)[O-])C(=N)C1=N)C1CCCCC1. The molecule has 0 aromatic carbocycles. The van der Waals surface area contributed by atoms with Gasteiger partial charge in [-0.05, 0) is 18.9 Å². The first kappa shape index (κ1) is 13.5. The molecule has 0 saturated heterocycles. The van der Waals surface area contributed by atoms with Crippen molar-refractivity contribution in [3.63, 3.8) is 0 Å². The molecule has 0 aromatic heterocycles. The van der Waals surface area contributed by atoms with Gasteiger partial charge in [0.25, 0.3) is 5.70 Å². The predicted octanol–water partition coefficient (Wildman–Crippen LogP) is 2.35. The molecular formula is C13H18N4O2. The fourth-order valence-corrected chi connectivity index (χ4v) is 2.69. The van der Waals surface area contributed by atoms with E-state index in [2.05, 4.69) is 0 Å². The van der Waals surface area contributed by atoms with Gasteiger partial charge in [-0.25, -0.2) is 0 Å². The van der Waals surface area contributed by atoms with E-state index in [0.717, 1.165) is 12.8 Å². The molecule has 0 radical (unpaired) electrons. The highest BCUT2D eigenvalue weighted by Crippen LogP contribution is 2.26. The minimum absolute atomic E-state index is 0.0535. The molecular weight excluding hydrogens is 244 g/mol. The van der Waals surface area contributed by atoms with Crippen LogP contribution in [0.3, 0.4) is 0 Å². The Labute approximate surface area is 112 Å². The van der Waals surface area contributed by atoms with Crippen LogP contribution in [0.15, 0.2) is 23.5 Å². The van der Waals surface area contributed by atoms with Gasteiger partial charge in [-0.15, -0.1) is 0 Å². The molecule has 0 bridgehead atoms. The van der Waals surface area contributed by atoms with Crippen molar-refractivity contribution in [3.8, 4) is 0 Å². The Morgan fingerprint density at radius 1 is 1.21 bits per heavy atom. The van der Waals surface area contributed by atoms with Gasteiger partial charge < -0.3 is 4.90 Å². The highest BCUT2D eigenvalue weighted by Gasteiger charge is 2.31. The Morgan fingerprint density at radius 2 is 1.84 bits per heavy atom. The molecule has 1 saturated carbocycles. The van der Waals surface area contributed by atoms with Gasteiger partial charge in [0.2, 0.25) is 0 Å². The van der Waals surface area contributed by atoms with Crippen molar-refractivity contribution in [3.05, 3.63) is 33.7 Å². The molecule has 0 heterocycles. The lowest BCUT2D eigenvalue weighted by molar-refractivity contribution is -0.414. The summed E-state index contributed by atoms with van der Waals surface area (Å²) in [5.74, 6) is 0. The fraction of sp³-hybridized carbons (Fsp3) is 0.538. The molecule has 6 nitrogen and oxygen atoms in total. The van der Waals surface area contributed by atoms with Gasteiger partial charge in [-0.1, -0.05) is 19.3 Å². The summed E-state index contributed by atoms with van der Waals surface area (Å²) in [7, 11) is 1.91. The van der Waals surface area contributed by atoms with Crippen molar-refractivity contribution >= 4 is 11.4 Å². The molecule has 2 N–H and O–H groups in total. The molecule has 0 amide bonds. The van der Waals surface area contributed by atoms with Gasteiger partial charge in [-0.2, -0.15) is 0 Å². The summed E-state index contributed by atoms with van der Waals surface area (Å²) in [6.07, 6.45) is 8.71. The van der Waals surface area contributed by atoms with E-state index in [1.54, 1.807) is 6.08 Å². The topological polar surface area (TPSA) is 94.1 Å². The molecule has 0 atom stereocenters. The summed E-state index contributed by atoms with van der Waals surface area (Å²) in [4.78, 5) is 12.1. The van der Waals surface area contributed by atoms with Gasteiger partial charge >= 0.3 is 0 Å². The summed E-state index contributed by atoms with van der Waals surface area (Å²) >= 11 is 0. The van der Waals surface area contributed by atoms with E-state index in [1.165, 1.54) is 25.3 Å². The summed E-state index contributed by atoms with van der Waals surface area (Å²) < 4.78 is 0. The third kappa shape index (κ3) is 2.57. The van der Waals surface area contributed by atoms with Crippen LogP contribution in [0.2, 0.25) is 0 Å². The monoisotopic (exact) mass is 262 g/mol. The van der Waals surface area contributed by atoms with Crippen molar-refractivity contribution in [2.45, 2.75) is 38.1 Å². The second kappa shape index (κ2) is 5.34. The van der Waals surface area contributed by atoms with Crippen LogP contribution in [0.25, 0.3) is 0 Å². The Kier molecular flexibility index (Phi) is 3.78. The molecule has 6 heteroatoms. The Bertz CT molecular complexity index is 487. The van der Waals surface area contributed by atoms with E-state index in [1.807, 2.05) is 11.9 Å². The molecule has 1 fully saturated rings. The van der Waals surface area contributed by atoms with Crippen LogP contribution in [-0.2, 0) is 0 Å². The molecule has 2 rings (SSSR count). The lowest BCUT2D eigenvalue weighted by Gasteiger charge is -2.35. The van der Waals surface area contributed by atoms with Gasteiger partial charge in [0.1, 0.15) is 5.71 Å². The third-order valence-corrected chi connectivity index (χ3v) is 3.86. The van der Waals surface area contributed by atoms with Crippen LogP contribution in [0.1, 0.15) is 32.1 Å². The lowest BCUT2D eigenvalue weighted by Crippen LogP contribution is -2.39. The minimum atomic E-state index is -0.606. The fourth-order valence-electron chi connectivity index (χ4n) is 2.69. The molecule has 2 aliphatic carbocycles. The number of rotatable bonds is 3. The Balaban J connectivity index is 2.22. The summed E-state index contributed by atoms with van der Waals surface area (Å²) in [6.45, 7) is 0. The lowest BCUT2D eigenvalue weighted by atomic mass is 9.92. The summed E-state index contributed by atoms with van der Waals surface area (Å²) in [5.41, 5.74) is -0.0410. The van der Waals surface area contributed by atoms with Crippen LogP contribution in [0, 0.1) is 20.9 Å². The minimum Gasteiger partial charge on any atom is -0.370 e. The number of hydrogen-bond donors (Lipinski definition) is 2. The summed E-state index contributed by atoms with van der Waals surface area (Å²) in [6, 6.07) is 0.374. The van der Waals surface area contributed by atoms with Crippen molar-refractivity contribution in [1.29, 1.82) is 10.8 Å². The van der Waals surface area contributed by atoms with Crippen LogP contribution >= 0.6 is 0 Å². The van der Waals surface area contributed by atoms with Crippen molar-refractivity contribution < 1.29 is 4.92 Å². The first-order valence-corrected chi connectivity index (χ1v) is 6.49. The largest absolute Gasteiger partial charge is 0.370 e. The van der Waals surface area contributed by atoms with Gasteiger partial charge in [-0.3, -0.25) is 20.9 Å². The predicted molar refractivity (Wildman–Crippen MR) is 73.2 cm³/mol. The maximum absolute atomic E-state index is 10.7. The number of hydrogen-bond acceptors (Lipinski definition) is 5. The van der Waals surface area contributed by atoms with Gasteiger partial charge in [0.05, 0.1) is 10.6 Å². The maximum atomic E-state index is 10.7. The number of allylic oxidation sites excluding steroid dienone is 4. The van der Waals surface area contributed by atoms with Crippen LogP contribution in [-0.4, -0.2) is 34.3 Å². The Morgan fingerprint density at radius 3 is 2.42 bits per heavy atom. The average Bonchev–Trinajstić information content (AvgIpc) is 2.41. The standard InChI is InChI=1S/C13H18N4O2/c1-16(9-5-3-2-4-6-9)10-7-8-11(17(18)19)13(15)12(10)14/h7-9,14-15H,2-6H2,1H3. The second-order valence-electron chi connectivity index (χ2n) is 5.01. The normalized spacial score (nSPS) is 20.9. The van der Waals surface area contributed by atoms with Crippen LogP contribution in [0.5, 0.6) is 0 Å². The van der Waals surface area contributed by atoms with Crippen molar-refractivity contribution in [1.82, 2.24) is 4.90 Å². The van der Waals surface area contributed by atoms with E-state index in [9.17, 15) is 10.1 Å². The molecule has 2 aliphatic rings. The zero-order valence-corrected chi connectivity index (χ0v) is 11.0. The Hall–Kier alpha value is -1.98. The van der Waals surface area contributed by atoms with Gasteiger partial charge in [0, 0.05) is 19.2 Å². The molecule has 19 heavy (non-hydrogen) atoms. The highest BCUT2D eigenvalue weighted by molar-refractivity contribution is 6.51. The van der Waals surface area contributed by atoms with Crippen molar-refractivity contribution in [2.24, 2.45) is 0 Å². The number of nitrogens with one attached hydrogen (secondary N) is 2. The molecule has 102 valence electrons. The zero-order chi connectivity index (χ0) is 14.0. The van der Waals surface area contributed by atoms with Crippen LogP contribution < -0.4 is 0 Å². The van der Waals surface area contributed by atoms with E-state index < -0.39 is 4.92 Å². The zero-order valence-electron chi connectivity index (χ0n) is 11.0. The first-order valence-electron chi connectivity index (χ1n) is 6.49. The number of nitrogens with zero attached hydrogens (tertiary/aromatic N) is 2. The molecule has 0 aromatic rings. The molecule has 0 spiro atoms. The smallest absolute Gasteiger partial charge is 0.296 e. The molecule has 0 aliphatic heterocycles. The van der Waals surface area contributed by atoms with Crippen LogP contribution in [0.4, 0.5) is 0 Å². The van der Waals surface area contributed by atoms with E-state index in [0.29, 0.717) is 11.7 Å². The number of nitro groups is 1. The van der Waals surface area contributed by atoms with E-state index in [-0.39, 0.29) is 17.1 Å². The second-order valence-corrected chi connectivity index (χ2v) is 5.01. The quantitative estimate of drug-likeness (QED) is 0.464. The average molecular weight is 262 g/mol.